The van der Waals surface area contributed by atoms with Crippen LogP contribution < -0.4 is 5.32 Å². The van der Waals surface area contributed by atoms with Gasteiger partial charge in [0.2, 0.25) is 5.91 Å². The van der Waals surface area contributed by atoms with Crippen molar-refractivity contribution in [2.24, 2.45) is 5.92 Å². The van der Waals surface area contributed by atoms with Gasteiger partial charge in [-0.05, 0) is 30.2 Å². The minimum Gasteiger partial charge on any atom is -0.469 e. The van der Waals surface area contributed by atoms with E-state index in [9.17, 15) is 9.59 Å². The van der Waals surface area contributed by atoms with Gasteiger partial charge in [0.15, 0.2) is 0 Å². The number of anilines is 1. The molecular formula is C12H10BrNO3. The second kappa shape index (κ2) is 3.32. The van der Waals surface area contributed by atoms with Crippen molar-refractivity contribution in [2.45, 2.75) is 11.8 Å². The number of benzene rings is 1. The van der Waals surface area contributed by atoms with Gasteiger partial charge in [0.1, 0.15) is 0 Å². The summed E-state index contributed by atoms with van der Waals surface area (Å²) in [6.45, 7) is 0. The van der Waals surface area contributed by atoms with Crippen LogP contribution in [0, 0.1) is 5.92 Å². The fraction of sp³-hybridized carbons (Fsp3) is 0.333. The summed E-state index contributed by atoms with van der Waals surface area (Å²) < 4.78 is 5.63. The number of hydrogen-bond acceptors (Lipinski definition) is 3. The van der Waals surface area contributed by atoms with E-state index in [1.807, 2.05) is 18.2 Å². The molecule has 1 aliphatic carbocycles. The van der Waals surface area contributed by atoms with Crippen molar-refractivity contribution in [1.82, 2.24) is 0 Å². The summed E-state index contributed by atoms with van der Waals surface area (Å²) in [6, 6.07) is 5.61. The van der Waals surface area contributed by atoms with Crippen LogP contribution in [-0.4, -0.2) is 19.0 Å². The molecule has 1 heterocycles. The summed E-state index contributed by atoms with van der Waals surface area (Å²) in [5, 5.41) is 2.82. The number of hydrogen-bond donors (Lipinski definition) is 1. The summed E-state index contributed by atoms with van der Waals surface area (Å²) >= 11 is 3.38. The number of halogens is 1. The van der Waals surface area contributed by atoms with Crippen molar-refractivity contribution in [3.05, 3.63) is 28.2 Å². The van der Waals surface area contributed by atoms with Crippen LogP contribution in [0.15, 0.2) is 22.7 Å². The number of fused-ring (bicyclic) bond motifs is 2. The highest BCUT2D eigenvalue weighted by atomic mass is 79.9. The van der Waals surface area contributed by atoms with Gasteiger partial charge in [-0.1, -0.05) is 15.9 Å². The Morgan fingerprint density at radius 1 is 1.59 bits per heavy atom. The highest BCUT2D eigenvalue weighted by molar-refractivity contribution is 9.10. The van der Waals surface area contributed by atoms with E-state index in [1.165, 1.54) is 7.11 Å². The first kappa shape index (κ1) is 10.8. The Labute approximate surface area is 106 Å². The first-order valence-corrected chi connectivity index (χ1v) is 6.08. The summed E-state index contributed by atoms with van der Waals surface area (Å²) in [4.78, 5) is 23.6. The normalized spacial score (nSPS) is 28.8. The second-order valence-corrected chi connectivity index (χ2v) is 5.31. The van der Waals surface area contributed by atoms with Crippen LogP contribution in [0.3, 0.4) is 0 Å². The Morgan fingerprint density at radius 2 is 2.35 bits per heavy atom. The summed E-state index contributed by atoms with van der Waals surface area (Å²) in [5.41, 5.74) is 1.00. The molecule has 1 aliphatic heterocycles. The second-order valence-electron chi connectivity index (χ2n) is 4.40. The number of carbonyl (C=O) groups excluding carboxylic acids is 2. The summed E-state index contributed by atoms with van der Waals surface area (Å²) in [5.74, 6) is -0.753. The average Bonchev–Trinajstić information content (AvgIpc) is 3.00. The zero-order valence-corrected chi connectivity index (χ0v) is 10.7. The van der Waals surface area contributed by atoms with E-state index in [0.717, 1.165) is 15.7 Å². The average molecular weight is 296 g/mol. The first-order chi connectivity index (χ1) is 8.09. The number of methoxy groups -OCH3 is 1. The Hall–Kier alpha value is -1.36. The van der Waals surface area contributed by atoms with Gasteiger partial charge in [0, 0.05) is 10.2 Å². The molecule has 0 bridgehead atoms. The maximum atomic E-state index is 12.0. The molecule has 1 amide bonds. The van der Waals surface area contributed by atoms with Crippen molar-refractivity contribution in [1.29, 1.82) is 0 Å². The molecule has 17 heavy (non-hydrogen) atoms. The minimum absolute atomic E-state index is 0.0963. The number of amides is 1. The number of ether oxygens (including phenoxy) is 1. The molecule has 2 atom stereocenters. The zero-order valence-electron chi connectivity index (χ0n) is 9.12. The van der Waals surface area contributed by atoms with Gasteiger partial charge in [-0.3, -0.25) is 9.59 Å². The van der Waals surface area contributed by atoms with Crippen LogP contribution >= 0.6 is 15.9 Å². The number of rotatable bonds is 1. The number of carbonyl (C=O) groups is 2. The predicted molar refractivity (Wildman–Crippen MR) is 64.6 cm³/mol. The topological polar surface area (TPSA) is 55.4 Å². The molecule has 1 saturated carbocycles. The standard InChI is InChI=1S/C12H10BrNO3/c1-17-10(15)8-5-12(8)7-4-6(13)2-3-9(7)14-11(12)16/h2-4,8H,5H2,1H3,(H,14,16). The van der Waals surface area contributed by atoms with Gasteiger partial charge in [-0.15, -0.1) is 0 Å². The quantitative estimate of drug-likeness (QED) is 0.804. The summed E-state index contributed by atoms with van der Waals surface area (Å²) in [7, 11) is 1.35. The van der Waals surface area contributed by atoms with E-state index in [4.69, 9.17) is 4.74 Å². The Bertz CT molecular complexity index is 543. The molecule has 1 N–H and O–H groups in total. The molecular weight excluding hydrogens is 286 g/mol. The van der Waals surface area contributed by atoms with Gasteiger partial charge >= 0.3 is 5.97 Å². The number of esters is 1. The predicted octanol–water partition coefficient (Wildman–Crippen LogP) is 1.83. The van der Waals surface area contributed by atoms with Crippen LogP contribution in [0.5, 0.6) is 0 Å². The van der Waals surface area contributed by atoms with Gasteiger partial charge in [0.05, 0.1) is 18.4 Å². The maximum Gasteiger partial charge on any atom is 0.310 e. The molecule has 0 radical (unpaired) electrons. The van der Waals surface area contributed by atoms with Gasteiger partial charge in [0.25, 0.3) is 0 Å². The SMILES string of the molecule is COC(=O)C1CC12C(=O)Nc1ccc(Br)cc12. The van der Waals surface area contributed by atoms with Crippen LogP contribution in [-0.2, 0) is 19.7 Å². The fourth-order valence-electron chi connectivity index (χ4n) is 2.59. The van der Waals surface area contributed by atoms with Crippen LogP contribution in [0.2, 0.25) is 0 Å². The molecule has 2 aliphatic rings. The third kappa shape index (κ3) is 1.29. The van der Waals surface area contributed by atoms with Crippen LogP contribution in [0.4, 0.5) is 5.69 Å². The molecule has 1 fully saturated rings. The van der Waals surface area contributed by atoms with E-state index in [2.05, 4.69) is 21.2 Å². The lowest BCUT2D eigenvalue weighted by molar-refractivity contribution is -0.143. The lowest BCUT2D eigenvalue weighted by Gasteiger charge is -2.07. The van der Waals surface area contributed by atoms with E-state index in [1.54, 1.807) is 0 Å². The molecule has 4 nitrogen and oxygen atoms in total. The van der Waals surface area contributed by atoms with Crippen LogP contribution in [0.1, 0.15) is 12.0 Å². The Morgan fingerprint density at radius 3 is 3.06 bits per heavy atom. The van der Waals surface area contributed by atoms with Crippen molar-refractivity contribution in [3.8, 4) is 0 Å². The van der Waals surface area contributed by atoms with E-state index in [-0.39, 0.29) is 17.8 Å². The first-order valence-electron chi connectivity index (χ1n) is 5.29. The van der Waals surface area contributed by atoms with Crippen molar-refractivity contribution in [2.75, 3.05) is 12.4 Å². The minimum atomic E-state index is -0.688. The molecule has 3 rings (SSSR count). The molecule has 5 heteroatoms. The summed E-state index contributed by atoms with van der Waals surface area (Å²) in [6.07, 6.45) is 0.537. The van der Waals surface area contributed by atoms with E-state index < -0.39 is 5.41 Å². The number of nitrogens with one attached hydrogen (secondary N) is 1. The van der Waals surface area contributed by atoms with Crippen LogP contribution in [0.25, 0.3) is 0 Å². The van der Waals surface area contributed by atoms with Gasteiger partial charge in [-0.2, -0.15) is 0 Å². The third-order valence-corrected chi connectivity index (χ3v) is 4.06. The highest BCUT2D eigenvalue weighted by Crippen LogP contribution is 2.60. The zero-order chi connectivity index (χ0) is 12.2. The highest BCUT2D eigenvalue weighted by Gasteiger charge is 2.68. The van der Waals surface area contributed by atoms with Gasteiger partial charge in [-0.25, -0.2) is 0 Å². The molecule has 88 valence electrons. The lowest BCUT2D eigenvalue weighted by Crippen LogP contribution is -2.24. The van der Waals surface area contributed by atoms with Crippen molar-refractivity contribution < 1.29 is 14.3 Å². The van der Waals surface area contributed by atoms with Crippen molar-refractivity contribution in [3.63, 3.8) is 0 Å². The van der Waals surface area contributed by atoms with Crippen molar-refractivity contribution >= 4 is 33.5 Å². The molecule has 1 aromatic rings. The Balaban J connectivity index is 2.07. The monoisotopic (exact) mass is 295 g/mol. The smallest absolute Gasteiger partial charge is 0.310 e. The maximum absolute atomic E-state index is 12.0. The van der Waals surface area contributed by atoms with E-state index in [0.29, 0.717) is 6.42 Å². The Kier molecular flexibility index (Phi) is 2.10. The molecule has 1 spiro atoms. The van der Waals surface area contributed by atoms with Gasteiger partial charge < -0.3 is 10.1 Å². The van der Waals surface area contributed by atoms with E-state index >= 15 is 0 Å². The fourth-order valence-corrected chi connectivity index (χ4v) is 2.95. The largest absolute Gasteiger partial charge is 0.469 e. The molecule has 0 saturated heterocycles. The molecule has 2 unspecified atom stereocenters. The third-order valence-electron chi connectivity index (χ3n) is 3.56. The molecule has 0 aromatic heterocycles. The molecule has 1 aromatic carbocycles. The lowest BCUT2D eigenvalue weighted by atomic mass is 9.95.